The van der Waals surface area contributed by atoms with Gasteiger partial charge in [0.05, 0.1) is 27.0 Å². The van der Waals surface area contributed by atoms with E-state index < -0.39 is 0 Å². The number of fused-ring (bicyclic) bond motifs is 3. The van der Waals surface area contributed by atoms with Crippen molar-refractivity contribution in [1.29, 1.82) is 0 Å². The Bertz CT molecular complexity index is 1050. The molecule has 0 unspecified atom stereocenters. The molecule has 0 spiro atoms. The van der Waals surface area contributed by atoms with Gasteiger partial charge in [-0.3, -0.25) is 4.79 Å². The maximum Gasteiger partial charge on any atom is 0.225 e. The first-order valence-electron chi connectivity index (χ1n) is 8.88. The molecule has 0 saturated heterocycles. The minimum absolute atomic E-state index is 0.0151. The maximum atomic E-state index is 12.6. The summed E-state index contributed by atoms with van der Waals surface area (Å²) in [5.74, 6) is 1.54. The zero-order valence-electron chi connectivity index (χ0n) is 15.8. The molecule has 3 aromatic carbocycles. The smallest absolute Gasteiger partial charge is 0.225 e. The molecule has 144 valence electrons. The van der Waals surface area contributed by atoms with Gasteiger partial charge in [-0.25, -0.2) is 0 Å². The normalized spacial score (nSPS) is 15.7. The van der Waals surface area contributed by atoms with E-state index >= 15 is 0 Å². The quantitative estimate of drug-likeness (QED) is 0.611. The molecule has 5 nitrogen and oxygen atoms in total. The third-order valence-electron chi connectivity index (χ3n) is 5.14. The predicted molar refractivity (Wildman–Crippen MR) is 113 cm³/mol. The van der Waals surface area contributed by atoms with Crippen molar-refractivity contribution in [3.8, 4) is 17.2 Å². The van der Waals surface area contributed by atoms with Gasteiger partial charge in [0, 0.05) is 22.2 Å². The molecule has 0 fully saturated rings. The highest BCUT2D eigenvalue weighted by Gasteiger charge is 2.30. The zero-order chi connectivity index (χ0) is 19.8. The second-order valence-corrected chi connectivity index (χ2v) is 7.49. The summed E-state index contributed by atoms with van der Waals surface area (Å²) in [7, 11) is 4.76. The Morgan fingerprint density at radius 3 is 2.21 bits per heavy atom. The maximum absolute atomic E-state index is 12.6. The van der Waals surface area contributed by atoms with Crippen LogP contribution >= 0.6 is 15.9 Å². The number of hydrogen-bond donors (Lipinski definition) is 1. The second-order valence-electron chi connectivity index (χ2n) is 6.63. The van der Waals surface area contributed by atoms with E-state index in [9.17, 15) is 4.79 Å². The Kier molecular flexibility index (Phi) is 4.89. The van der Waals surface area contributed by atoms with Gasteiger partial charge in [0.1, 0.15) is 0 Å². The minimum atomic E-state index is -0.127. The van der Waals surface area contributed by atoms with Gasteiger partial charge in [0.25, 0.3) is 0 Å². The lowest BCUT2D eigenvalue weighted by molar-refractivity contribution is -0.116. The van der Waals surface area contributed by atoms with E-state index in [0.29, 0.717) is 23.7 Å². The minimum Gasteiger partial charge on any atom is -0.493 e. The molecule has 28 heavy (non-hydrogen) atoms. The number of carbonyl (C=O) groups is 1. The van der Waals surface area contributed by atoms with E-state index in [-0.39, 0.29) is 11.8 Å². The second kappa shape index (κ2) is 7.36. The van der Waals surface area contributed by atoms with Crippen LogP contribution in [-0.4, -0.2) is 27.2 Å². The Morgan fingerprint density at radius 1 is 0.964 bits per heavy atom. The van der Waals surface area contributed by atoms with Gasteiger partial charge >= 0.3 is 0 Å². The summed E-state index contributed by atoms with van der Waals surface area (Å²) in [6.45, 7) is 0. The van der Waals surface area contributed by atoms with E-state index in [4.69, 9.17) is 14.2 Å². The summed E-state index contributed by atoms with van der Waals surface area (Å²) in [4.78, 5) is 12.6. The lowest BCUT2D eigenvalue weighted by Gasteiger charge is -2.28. The molecular weight excluding hydrogens is 422 g/mol. The number of nitrogens with one attached hydrogen (secondary N) is 1. The predicted octanol–water partition coefficient (Wildman–Crippen LogP) is 5.10. The molecule has 1 heterocycles. The summed E-state index contributed by atoms with van der Waals surface area (Å²) in [5.41, 5.74) is 2.85. The standard InChI is InChI=1S/C22H20BrNO4/c1-26-18-8-12(9-19(27-2)22(18)28-3)15-11-20(25)24-21-14-7-5-4-6-13(14)17(23)10-16(15)21/h4-10,15H,11H2,1-3H3,(H,24,25)/t15-/m0/s1. The lowest BCUT2D eigenvalue weighted by Crippen LogP contribution is -2.24. The van der Waals surface area contributed by atoms with Crippen molar-refractivity contribution in [2.75, 3.05) is 26.6 Å². The van der Waals surface area contributed by atoms with Crippen molar-refractivity contribution in [2.45, 2.75) is 12.3 Å². The number of carbonyl (C=O) groups excluding carboxylic acids is 1. The van der Waals surface area contributed by atoms with Crippen LogP contribution in [0.2, 0.25) is 0 Å². The number of anilines is 1. The Hall–Kier alpha value is -2.73. The van der Waals surface area contributed by atoms with Gasteiger partial charge in [-0.15, -0.1) is 0 Å². The fraction of sp³-hybridized carbons (Fsp3) is 0.227. The first-order chi connectivity index (χ1) is 13.6. The van der Waals surface area contributed by atoms with Crippen molar-refractivity contribution < 1.29 is 19.0 Å². The fourth-order valence-corrected chi connectivity index (χ4v) is 4.44. The summed E-state index contributed by atoms with van der Waals surface area (Å²) < 4.78 is 17.4. The first kappa shape index (κ1) is 18.6. The molecular formula is C22H20BrNO4. The molecule has 3 aromatic rings. The number of halogens is 1. The highest BCUT2D eigenvalue weighted by Crippen LogP contribution is 2.47. The van der Waals surface area contributed by atoms with Crippen molar-refractivity contribution >= 4 is 38.3 Å². The zero-order valence-corrected chi connectivity index (χ0v) is 17.4. The molecule has 0 radical (unpaired) electrons. The van der Waals surface area contributed by atoms with Crippen molar-refractivity contribution in [3.05, 3.63) is 58.1 Å². The van der Waals surface area contributed by atoms with E-state index in [1.165, 1.54) is 0 Å². The van der Waals surface area contributed by atoms with E-state index in [1.807, 2.05) is 36.4 Å². The third-order valence-corrected chi connectivity index (χ3v) is 5.80. The van der Waals surface area contributed by atoms with Crippen LogP contribution in [0.4, 0.5) is 5.69 Å². The van der Waals surface area contributed by atoms with Crippen molar-refractivity contribution in [2.24, 2.45) is 0 Å². The van der Waals surface area contributed by atoms with Gasteiger partial charge in [-0.2, -0.15) is 0 Å². The van der Waals surface area contributed by atoms with Crippen LogP contribution < -0.4 is 19.5 Å². The average molecular weight is 442 g/mol. The van der Waals surface area contributed by atoms with Crippen LogP contribution in [0.1, 0.15) is 23.5 Å². The molecule has 0 saturated carbocycles. The molecule has 4 rings (SSSR count). The topological polar surface area (TPSA) is 56.8 Å². The molecule has 1 N–H and O–H groups in total. The van der Waals surface area contributed by atoms with Gasteiger partial charge in [0.15, 0.2) is 11.5 Å². The van der Waals surface area contributed by atoms with Crippen molar-refractivity contribution in [3.63, 3.8) is 0 Å². The molecule has 0 aromatic heterocycles. The summed E-state index contributed by atoms with van der Waals surface area (Å²) in [5, 5.41) is 5.14. The summed E-state index contributed by atoms with van der Waals surface area (Å²) >= 11 is 3.69. The van der Waals surface area contributed by atoms with Gasteiger partial charge in [0.2, 0.25) is 11.7 Å². The molecule has 1 aliphatic heterocycles. The fourth-order valence-electron chi connectivity index (χ4n) is 3.85. The Morgan fingerprint density at radius 2 is 1.61 bits per heavy atom. The van der Waals surface area contributed by atoms with Crippen LogP contribution in [0.5, 0.6) is 17.2 Å². The number of ether oxygens (including phenoxy) is 3. The van der Waals surface area contributed by atoms with Crippen LogP contribution in [0.15, 0.2) is 46.9 Å². The van der Waals surface area contributed by atoms with Gasteiger partial charge < -0.3 is 19.5 Å². The number of methoxy groups -OCH3 is 3. The van der Waals surface area contributed by atoms with E-state index in [2.05, 4.69) is 27.3 Å². The Balaban J connectivity index is 1.95. The van der Waals surface area contributed by atoms with Crippen LogP contribution in [0, 0.1) is 0 Å². The molecule has 0 aliphatic carbocycles. The number of rotatable bonds is 4. The van der Waals surface area contributed by atoms with Gasteiger partial charge in [-0.1, -0.05) is 40.2 Å². The molecule has 0 bridgehead atoms. The van der Waals surface area contributed by atoms with Gasteiger partial charge in [-0.05, 0) is 34.7 Å². The highest BCUT2D eigenvalue weighted by atomic mass is 79.9. The third kappa shape index (κ3) is 2.98. The van der Waals surface area contributed by atoms with E-state index in [0.717, 1.165) is 32.1 Å². The molecule has 1 aliphatic rings. The number of benzene rings is 3. The lowest BCUT2D eigenvalue weighted by atomic mass is 9.83. The monoisotopic (exact) mass is 441 g/mol. The summed E-state index contributed by atoms with van der Waals surface area (Å²) in [6, 6.07) is 13.9. The summed E-state index contributed by atoms with van der Waals surface area (Å²) in [6.07, 6.45) is 0.344. The average Bonchev–Trinajstić information content (AvgIpc) is 2.73. The molecule has 1 amide bonds. The highest BCUT2D eigenvalue weighted by molar-refractivity contribution is 9.10. The van der Waals surface area contributed by atoms with Crippen molar-refractivity contribution in [1.82, 2.24) is 0 Å². The molecule has 1 atom stereocenters. The van der Waals surface area contributed by atoms with E-state index in [1.54, 1.807) is 21.3 Å². The largest absolute Gasteiger partial charge is 0.493 e. The van der Waals surface area contributed by atoms with Crippen LogP contribution in [-0.2, 0) is 4.79 Å². The Labute approximate surface area is 171 Å². The van der Waals surface area contributed by atoms with Crippen LogP contribution in [0.3, 0.4) is 0 Å². The number of hydrogen-bond acceptors (Lipinski definition) is 4. The van der Waals surface area contributed by atoms with Crippen LogP contribution in [0.25, 0.3) is 10.8 Å². The molecule has 6 heteroatoms. The first-order valence-corrected chi connectivity index (χ1v) is 9.67. The SMILES string of the molecule is COc1cc([C@@H]2CC(=O)Nc3c2cc(Br)c2ccccc32)cc(OC)c1OC. The number of amides is 1.